The van der Waals surface area contributed by atoms with E-state index in [1.54, 1.807) is 0 Å². The van der Waals surface area contributed by atoms with Crippen LogP contribution in [0.3, 0.4) is 0 Å². The largest absolute Gasteiger partial charge is 0.455 e. The molecule has 0 saturated heterocycles. The minimum absolute atomic E-state index is 0.878. The predicted octanol–water partition coefficient (Wildman–Crippen LogP) is 15.1. The van der Waals surface area contributed by atoms with Crippen molar-refractivity contribution in [2.75, 3.05) is 4.90 Å². The van der Waals surface area contributed by atoms with E-state index >= 15 is 0 Å². The van der Waals surface area contributed by atoms with Crippen LogP contribution >= 0.6 is 11.3 Å². The zero-order chi connectivity index (χ0) is 34.9. The molecule has 2 heterocycles. The molecule has 0 aliphatic rings. The van der Waals surface area contributed by atoms with E-state index < -0.39 is 0 Å². The van der Waals surface area contributed by atoms with Crippen molar-refractivity contribution in [3.63, 3.8) is 0 Å². The fourth-order valence-electron chi connectivity index (χ4n) is 8.15. The van der Waals surface area contributed by atoms with E-state index in [1.165, 1.54) is 58.6 Å². The van der Waals surface area contributed by atoms with Crippen molar-refractivity contribution in [1.29, 1.82) is 0 Å². The number of hydrogen-bond donors (Lipinski definition) is 0. The number of fused-ring (bicyclic) bond motifs is 9. The summed E-state index contributed by atoms with van der Waals surface area (Å²) in [5.74, 6) is 0. The molecule has 0 radical (unpaired) electrons. The van der Waals surface area contributed by atoms with Crippen LogP contribution in [0.4, 0.5) is 17.1 Å². The van der Waals surface area contributed by atoms with Gasteiger partial charge in [0.1, 0.15) is 11.2 Å². The highest BCUT2D eigenvalue weighted by Crippen LogP contribution is 2.46. The van der Waals surface area contributed by atoms with E-state index in [0.29, 0.717) is 0 Å². The van der Waals surface area contributed by atoms with Crippen molar-refractivity contribution < 1.29 is 4.42 Å². The number of rotatable bonds is 5. The molecule has 2 aromatic heterocycles. The summed E-state index contributed by atoms with van der Waals surface area (Å²) in [7, 11) is 0. The lowest BCUT2D eigenvalue weighted by Gasteiger charge is -2.26. The Morgan fingerprint density at radius 3 is 1.94 bits per heavy atom. The van der Waals surface area contributed by atoms with Gasteiger partial charge in [-0.1, -0.05) is 133 Å². The van der Waals surface area contributed by atoms with Crippen LogP contribution in [0.25, 0.3) is 85.9 Å². The first-order valence-corrected chi connectivity index (χ1v) is 18.8. The van der Waals surface area contributed by atoms with Crippen LogP contribution in [-0.2, 0) is 0 Å². The van der Waals surface area contributed by atoms with Crippen molar-refractivity contribution in [1.82, 2.24) is 0 Å². The molecule has 0 amide bonds. The number of thiophene rings is 1. The van der Waals surface area contributed by atoms with Crippen LogP contribution in [0.1, 0.15) is 0 Å². The molecule has 0 atom stereocenters. The first-order chi connectivity index (χ1) is 26.3. The lowest BCUT2D eigenvalue weighted by molar-refractivity contribution is 0.672. The lowest BCUT2D eigenvalue weighted by Crippen LogP contribution is -2.10. The number of anilines is 3. The third-order valence-corrected chi connectivity index (χ3v) is 11.8. The summed E-state index contributed by atoms with van der Waals surface area (Å²) in [6.45, 7) is 0. The van der Waals surface area contributed by atoms with Gasteiger partial charge in [-0.3, -0.25) is 0 Å². The highest BCUT2D eigenvalue weighted by Gasteiger charge is 2.21. The molecule has 9 aromatic carbocycles. The molecule has 53 heavy (non-hydrogen) atoms. The van der Waals surface area contributed by atoms with Crippen molar-refractivity contribution in [3.8, 4) is 22.3 Å². The number of hydrogen-bond acceptors (Lipinski definition) is 3. The Morgan fingerprint density at radius 1 is 0.396 bits per heavy atom. The molecule has 0 unspecified atom stereocenters. The second kappa shape index (κ2) is 11.9. The van der Waals surface area contributed by atoms with Gasteiger partial charge in [-0.25, -0.2) is 0 Å². The number of benzene rings is 9. The smallest absolute Gasteiger partial charge is 0.143 e. The molecule has 0 aliphatic heterocycles. The Bertz CT molecular complexity index is 3180. The summed E-state index contributed by atoms with van der Waals surface area (Å²) in [5, 5.41) is 9.63. The van der Waals surface area contributed by atoms with E-state index in [0.717, 1.165) is 44.4 Å². The fourth-order valence-corrected chi connectivity index (χ4v) is 9.29. The summed E-state index contributed by atoms with van der Waals surface area (Å²) >= 11 is 1.85. The summed E-state index contributed by atoms with van der Waals surface area (Å²) in [4.78, 5) is 2.40. The van der Waals surface area contributed by atoms with Crippen LogP contribution < -0.4 is 4.90 Å². The van der Waals surface area contributed by atoms with Gasteiger partial charge < -0.3 is 9.32 Å². The molecule has 2 nitrogen and oxygen atoms in total. The van der Waals surface area contributed by atoms with E-state index in [4.69, 9.17) is 4.42 Å². The van der Waals surface area contributed by atoms with Gasteiger partial charge in [-0.15, -0.1) is 11.3 Å². The maximum atomic E-state index is 6.67. The second-order valence-electron chi connectivity index (χ2n) is 13.7. The van der Waals surface area contributed by atoms with E-state index in [2.05, 4.69) is 193 Å². The molecule has 0 saturated carbocycles. The predicted molar refractivity (Wildman–Crippen MR) is 227 cm³/mol. The average molecular weight is 694 g/mol. The Morgan fingerprint density at radius 2 is 1.06 bits per heavy atom. The Labute approximate surface area is 310 Å². The highest BCUT2D eigenvalue weighted by molar-refractivity contribution is 7.25. The van der Waals surface area contributed by atoms with Gasteiger partial charge in [0.05, 0.1) is 11.1 Å². The molecule has 3 heteroatoms. The normalized spacial score (nSPS) is 11.8. The van der Waals surface area contributed by atoms with Crippen LogP contribution in [0.2, 0.25) is 0 Å². The highest BCUT2D eigenvalue weighted by atomic mass is 32.1. The van der Waals surface area contributed by atoms with Gasteiger partial charge in [0.25, 0.3) is 0 Å². The van der Waals surface area contributed by atoms with Gasteiger partial charge in [0.2, 0.25) is 0 Å². The van der Waals surface area contributed by atoms with Crippen molar-refractivity contribution >= 4 is 92.1 Å². The third kappa shape index (κ3) is 4.86. The van der Waals surface area contributed by atoms with Crippen LogP contribution in [-0.4, -0.2) is 0 Å². The van der Waals surface area contributed by atoms with Gasteiger partial charge in [-0.05, 0) is 93.0 Å². The molecular weight excluding hydrogens is 663 g/mol. The van der Waals surface area contributed by atoms with Crippen molar-refractivity contribution in [2.24, 2.45) is 0 Å². The lowest BCUT2D eigenvalue weighted by atomic mass is 9.95. The molecule has 0 fully saturated rings. The molecule has 0 bridgehead atoms. The minimum Gasteiger partial charge on any atom is -0.455 e. The van der Waals surface area contributed by atoms with Gasteiger partial charge in [-0.2, -0.15) is 0 Å². The molecule has 11 rings (SSSR count). The van der Waals surface area contributed by atoms with E-state index in [9.17, 15) is 0 Å². The van der Waals surface area contributed by atoms with Crippen molar-refractivity contribution in [2.45, 2.75) is 0 Å². The molecular formula is C50H31NOS. The van der Waals surface area contributed by atoms with Gasteiger partial charge in [0, 0.05) is 42.3 Å². The first kappa shape index (κ1) is 30.0. The Balaban J connectivity index is 1.08. The zero-order valence-corrected chi connectivity index (χ0v) is 29.5. The number of nitrogens with zero attached hydrogens (tertiary/aromatic N) is 1. The van der Waals surface area contributed by atoms with Crippen molar-refractivity contribution in [3.05, 3.63) is 188 Å². The monoisotopic (exact) mass is 693 g/mol. The summed E-state index contributed by atoms with van der Waals surface area (Å²) in [5.41, 5.74) is 9.91. The Kier molecular flexibility index (Phi) is 6.76. The minimum atomic E-state index is 0.878. The SMILES string of the molecule is c1cc(-c2ccc(N(c3ccc4c(c3)sc3ccccc34)c3cccc4oc5c6ccccc6ccc5c34)cc2)cc(-c2cccc3ccccc23)c1. The summed E-state index contributed by atoms with van der Waals surface area (Å²) in [6.07, 6.45) is 0. The molecule has 248 valence electrons. The standard InChI is InChI=1S/C50H31NOS/c1-3-15-39-33(10-1)12-8-18-40(39)36-14-7-13-35(30-36)32-22-25-37(26-23-32)51(38-27-29-43-42-17-5-6-21-47(42)53-48(43)31-38)45-19-9-20-46-49(45)44-28-24-34-11-2-4-16-41(34)50(44)52-46/h1-31H. The molecule has 0 aliphatic carbocycles. The van der Waals surface area contributed by atoms with Crippen LogP contribution in [0.5, 0.6) is 0 Å². The van der Waals surface area contributed by atoms with Crippen LogP contribution in [0, 0.1) is 0 Å². The maximum Gasteiger partial charge on any atom is 0.143 e. The van der Waals surface area contributed by atoms with Gasteiger partial charge >= 0.3 is 0 Å². The Hall–Kier alpha value is -6.68. The molecule has 11 aromatic rings. The molecule has 0 N–H and O–H groups in total. The summed E-state index contributed by atoms with van der Waals surface area (Å²) < 4.78 is 9.24. The second-order valence-corrected chi connectivity index (χ2v) is 14.8. The summed E-state index contributed by atoms with van der Waals surface area (Å²) in [6, 6.07) is 68.0. The first-order valence-electron chi connectivity index (χ1n) is 18.0. The van der Waals surface area contributed by atoms with Gasteiger partial charge in [0.15, 0.2) is 0 Å². The third-order valence-electron chi connectivity index (χ3n) is 10.6. The fraction of sp³-hybridized carbons (Fsp3) is 0. The van der Waals surface area contributed by atoms with Crippen LogP contribution in [0.15, 0.2) is 192 Å². The van der Waals surface area contributed by atoms with E-state index in [-0.39, 0.29) is 0 Å². The maximum absolute atomic E-state index is 6.67. The number of furan rings is 1. The zero-order valence-electron chi connectivity index (χ0n) is 28.7. The quantitative estimate of drug-likeness (QED) is 0.178. The average Bonchev–Trinajstić information content (AvgIpc) is 3.80. The topological polar surface area (TPSA) is 16.4 Å². The van der Waals surface area contributed by atoms with E-state index in [1.807, 2.05) is 11.3 Å². The molecule has 0 spiro atoms.